The lowest BCUT2D eigenvalue weighted by Gasteiger charge is -2.35. The van der Waals surface area contributed by atoms with Crippen LogP contribution >= 0.6 is 0 Å². The first-order valence-corrected chi connectivity index (χ1v) is 11.7. The lowest BCUT2D eigenvalue weighted by molar-refractivity contribution is -0.129. The summed E-state index contributed by atoms with van der Waals surface area (Å²) in [4.78, 5) is 28.4. The summed E-state index contributed by atoms with van der Waals surface area (Å²) in [6, 6.07) is 17.8. The van der Waals surface area contributed by atoms with E-state index in [1.165, 1.54) is 0 Å². The van der Waals surface area contributed by atoms with Crippen molar-refractivity contribution in [2.45, 2.75) is 0 Å². The second-order valence-electron chi connectivity index (χ2n) is 8.82. The van der Waals surface area contributed by atoms with Crippen LogP contribution in [0.3, 0.4) is 0 Å². The molecule has 1 aromatic carbocycles. The monoisotopic (exact) mass is 470 g/mol. The van der Waals surface area contributed by atoms with E-state index in [9.17, 15) is 4.79 Å². The highest BCUT2D eigenvalue weighted by Crippen LogP contribution is 2.30. The lowest BCUT2D eigenvalue weighted by Crippen LogP contribution is -2.50. The van der Waals surface area contributed by atoms with Crippen molar-refractivity contribution in [1.82, 2.24) is 19.3 Å². The topological polar surface area (TPSA) is 95.0 Å². The molecule has 1 aliphatic heterocycles. The molecule has 0 atom stereocenters. The second-order valence-corrected chi connectivity index (χ2v) is 8.82. The number of benzene rings is 1. The number of aromatic nitrogens is 3. The van der Waals surface area contributed by atoms with Crippen molar-refractivity contribution in [2.24, 2.45) is 0 Å². The number of nitrogens with two attached hydrogens (primary N) is 1. The zero-order valence-electron chi connectivity index (χ0n) is 20.1. The van der Waals surface area contributed by atoms with Gasteiger partial charge in [-0.2, -0.15) is 0 Å². The van der Waals surface area contributed by atoms with E-state index in [-0.39, 0.29) is 12.5 Å². The van der Waals surface area contributed by atoms with Crippen molar-refractivity contribution < 1.29 is 4.79 Å². The van der Waals surface area contributed by atoms with E-state index in [4.69, 9.17) is 10.7 Å². The zero-order valence-corrected chi connectivity index (χ0v) is 20.1. The summed E-state index contributed by atoms with van der Waals surface area (Å²) in [5, 5.41) is 3.37. The fraction of sp³-hybridized carbons (Fsp3) is 0.269. The smallest absolute Gasteiger partial charge is 0.242 e. The number of nitrogens with zero attached hydrogens (tertiary/aromatic N) is 6. The molecular formula is C26H30N8O. The average molecular weight is 471 g/mol. The van der Waals surface area contributed by atoms with Gasteiger partial charge in [-0.15, -0.1) is 0 Å². The molecule has 0 radical (unpaired) electrons. The van der Waals surface area contributed by atoms with Crippen LogP contribution in [-0.2, 0) is 4.79 Å². The minimum atomic E-state index is 0.0541. The van der Waals surface area contributed by atoms with Crippen molar-refractivity contribution in [1.29, 1.82) is 0 Å². The summed E-state index contributed by atoms with van der Waals surface area (Å²) in [6.07, 6.45) is 3.71. The van der Waals surface area contributed by atoms with Crippen LogP contribution < -0.4 is 20.9 Å². The van der Waals surface area contributed by atoms with Gasteiger partial charge in [0.2, 0.25) is 5.91 Å². The van der Waals surface area contributed by atoms with Gasteiger partial charge in [0.25, 0.3) is 0 Å². The molecule has 5 rings (SSSR count). The molecule has 9 heteroatoms. The Kier molecular flexibility index (Phi) is 6.13. The van der Waals surface area contributed by atoms with E-state index in [0.717, 1.165) is 34.2 Å². The fourth-order valence-corrected chi connectivity index (χ4v) is 4.40. The number of nitrogen functional groups attached to an aromatic ring is 1. The Labute approximate surface area is 204 Å². The number of hydrogen-bond acceptors (Lipinski definition) is 7. The van der Waals surface area contributed by atoms with Crippen LogP contribution in [0, 0.1) is 0 Å². The summed E-state index contributed by atoms with van der Waals surface area (Å²) < 4.78 is 1.99. The van der Waals surface area contributed by atoms with E-state index in [1.54, 1.807) is 6.20 Å². The third-order valence-corrected chi connectivity index (χ3v) is 6.34. The highest BCUT2D eigenvalue weighted by molar-refractivity contribution is 5.84. The number of nitrogens with one attached hydrogen (secondary N) is 1. The van der Waals surface area contributed by atoms with Gasteiger partial charge in [-0.05, 0) is 36.4 Å². The van der Waals surface area contributed by atoms with Crippen molar-refractivity contribution in [3.63, 3.8) is 0 Å². The predicted molar refractivity (Wildman–Crippen MR) is 141 cm³/mol. The first kappa shape index (κ1) is 22.5. The largest absolute Gasteiger partial charge is 0.396 e. The zero-order chi connectivity index (χ0) is 24.4. The van der Waals surface area contributed by atoms with E-state index < -0.39 is 0 Å². The van der Waals surface area contributed by atoms with Gasteiger partial charge < -0.3 is 25.8 Å². The molecule has 4 heterocycles. The summed E-state index contributed by atoms with van der Waals surface area (Å²) in [6.45, 7) is 2.85. The quantitative estimate of drug-likeness (QED) is 0.447. The number of hydrogen-bond donors (Lipinski definition) is 2. The molecule has 0 bridgehead atoms. The highest BCUT2D eigenvalue weighted by atomic mass is 16.2. The molecule has 1 amide bonds. The molecule has 3 aromatic heterocycles. The maximum Gasteiger partial charge on any atom is 0.242 e. The number of piperazine rings is 1. The van der Waals surface area contributed by atoms with Crippen molar-refractivity contribution in [3.8, 4) is 11.3 Å². The Morgan fingerprint density at radius 1 is 1.03 bits per heavy atom. The van der Waals surface area contributed by atoms with Crippen LogP contribution in [0.2, 0.25) is 0 Å². The number of anilines is 4. The molecule has 35 heavy (non-hydrogen) atoms. The van der Waals surface area contributed by atoms with Gasteiger partial charge >= 0.3 is 0 Å². The normalized spacial score (nSPS) is 13.8. The van der Waals surface area contributed by atoms with Gasteiger partial charge in [0, 0.05) is 63.9 Å². The molecule has 0 saturated carbocycles. The van der Waals surface area contributed by atoms with Crippen molar-refractivity contribution >= 4 is 34.6 Å². The number of imidazole rings is 1. The number of rotatable bonds is 6. The van der Waals surface area contributed by atoms with E-state index in [1.807, 2.05) is 59.9 Å². The number of carbonyl (C=O) groups excluding carboxylic acids is 1. The molecule has 0 aliphatic carbocycles. The number of carbonyl (C=O) groups is 1. The van der Waals surface area contributed by atoms with Crippen LogP contribution in [0.15, 0.2) is 67.0 Å². The van der Waals surface area contributed by atoms with Crippen LogP contribution in [0.25, 0.3) is 16.9 Å². The van der Waals surface area contributed by atoms with Crippen LogP contribution in [0.4, 0.5) is 23.0 Å². The standard InChI is InChI=1S/C26H30N8O/c1-31(2)20-10-8-19(9-11-20)24-26(34-13-4-3-7-22(34)30-24)29-18-23(35)32-14-16-33(17-15-32)25-21(27)6-5-12-28-25/h3-13,29H,14-18,27H2,1-2H3. The third kappa shape index (κ3) is 4.57. The Morgan fingerprint density at radius 2 is 1.80 bits per heavy atom. The summed E-state index contributed by atoms with van der Waals surface area (Å²) in [5.74, 6) is 1.65. The molecule has 1 aliphatic rings. The fourth-order valence-electron chi connectivity index (χ4n) is 4.40. The lowest BCUT2D eigenvalue weighted by atomic mass is 10.1. The van der Waals surface area contributed by atoms with Gasteiger partial charge in [0.1, 0.15) is 17.2 Å². The molecule has 180 valence electrons. The first-order valence-electron chi connectivity index (χ1n) is 11.7. The average Bonchev–Trinajstić information content (AvgIpc) is 3.26. The van der Waals surface area contributed by atoms with Gasteiger partial charge in [-0.3, -0.25) is 9.20 Å². The predicted octanol–water partition coefficient (Wildman–Crippen LogP) is 2.81. The van der Waals surface area contributed by atoms with E-state index in [0.29, 0.717) is 31.9 Å². The maximum absolute atomic E-state index is 13.1. The maximum atomic E-state index is 13.1. The minimum absolute atomic E-state index is 0.0541. The second kappa shape index (κ2) is 9.54. The van der Waals surface area contributed by atoms with E-state index in [2.05, 4.69) is 44.4 Å². The van der Waals surface area contributed by atoms with Crippen LogP contribution in [0.5, 0.6) is 0 Å². The number of pyridine rings is 2. The van der Waals surface area contributed by atoms with Crippen LogP contribution in [0.1, 0.15) is 0 Å². The molecule has 0 unspecified atom stereocenters. The highest BCUT2D eigenvalue weighted by Gasteiger charge is 2.23. The molecule has 4 aromatic rings. The summed E-state index contributed by atoms with van der Waals surface area (Å²) in [5.41, 5.74) is 10.5. The summed E-state index contributed by atoms with van der Waals surface area (Å²) in [7, 11) is 4.03. The molecule has 0 spiro atoms. The molecule has 1 fully saturated rings. The van der Waals surface area contributed by atoms with Gasteiger partial charge in [-0.1, -0.05) is 18.2 Å². The Bertz CT molecular complexity index is 1320. The van der Waals surface area contributed by atoms with Crippen molar-refractivity contribution in [3.05, 3.63) is 67.0 Å². The van der Waals surface area contributed by atoms with E-state index >= 15 is 0 Å². The molecule has 3 N–H and O–H groups in total. The Balaban J connectivity index is 1.30. The van der Waals surface area contributed by atoms with Gasteiger partial charge in [0.05, 0.1) is 12.2 Å². The third-order valence-electron chi connectivity index (χ3n) is 6.34. The van der Waals surface area contributed by atoms with Gasteiger partial charge in [-0.25, -0.2) is 9.97 Å². The van der Waals surface area contributed by atoms with Gasteiger partial charge in [0.15, 0.2) is 5.82 Å². The molecular weight excluding hydrogens is 440 g/mol. The molecule has 9 nitrogen and oxygen atoms in total. The molecule has 1 saturated heterocycles. The van der Waals surface area contributed by atoms with Crippen molar-refractivity contribution in [2.75, 3.05) is 67.7 Å². The number of fused-ring (bicyclic) bond motifs is 1. The number of amides is 1. The SMILES string of the molecule is CN(C)c1ccc(-c2nc3ccccn3c2NCC(=O)N2CCN(c3ncccc3N)CC2)cc1. The summed E-state index contributed by atoms with van der Waals surface area (Å²) >= 11 is 0. The Morgan fingerprint density at radius 3 is 2.51 bits per heavy atom. The first-order chi connectivity index (χ1) is 17.0. The minimum Gasteiger partial charge on any atom is -0.396 e. The Hall–Kier alpha value is -4.27. The van der Waals surface area contributed by atoms with Crippen LogP contribution in [-0.4, -0.2) is 72.0 Å².